The number of carbonyl (C=O) groups excluding carboxylic acids is 1. The van der Waals surface area contributed by atoms with Gasteiger partial charge < -0.3 is 14.2 Å². The third-order valence-corrected chi connectivity index (χ3v) is 5.16. The average molecular weight is 426 g/mol. The van der Waals surface area contributed by atoms with Crippen LogP contribution >= 0.6 is 11.3 Å². The van der Waals surface area contributed by atoms with Crippen LogP contribution in [0.2, 0.25) is 0 Å². The Balaban J connectivity index is 1.73. The smallest absolute Gasteiger partial charge is 0.343 e. The molecule has 0 atom stereocenters. The minimum Gasteiger partial charge on any atom is -0.497 e. The molecule has 0 saturated heterocycles. The first-order chi connectivity index (χ1) is 14.5. The summed E-state index contributed by atoms with van der Waals surface area (Å²) in [5, 5.41) is 4.95. The number of anilines is 1. The van der Waals surface area contributed by atoms with Crippen LogP contribution in [0.5, 0.6) is 17.2 Å². The van der Waals surface area contributed by atoms with Crippen LogP contribution in [0.25, 0.3) is 0 Å². The number of hydrogen-bond donors (Lipinski definition) is 1. The van der Waals surface area contributed by atoms with Gasteiger partial charge in [0.05, 0.1) is 31.2 Å². The predicted molar refractivity (Wildman–Crippen MR) is 118 cm³/mol. The SMILES string of the molecule is CCOc1cc(/C=N\Nc2nc(C)c(C)s2)ccc1OC(=O)c1cccc(OC)c1. The van der Waals surface area contributed by atoms with Gasteiger partial charge in [0.1, 0.15) is 5.75 Å². The average Bonchev–Trinajstić information content (AvgIpc) is 3.07. The summed E-state index contributed by atoms with van der Waals surface area (Å²) in [5.41, 5.74) is 5.09. The molecule has 3 aromatic rings. The first-order valence-electron chi connectivity index (χ1n) is 9.36. The zero-order chi connectivity index (χ0) is 21.5. The third-order valence-electron chi connectivity index (χ3n) is 4.18. The van der Waals surface area contributed by atoms with Gasteiger partial charge >= 0.3 is 5.97 Å². The minimum atomic E-state index is -0.493. The Morgan fingerprint density at radius 3 is 2.73 bits per heavy atom. The first-order valence-corrected chi connectivity index (χ1v) is 10.2. The number of carbonyl (C=O) groups is 1. The fourth-order valence-electron chi connectivity index (χ4n) is 2.55. The van der Waals surface area contributed by atoms with E-state index in [-0.39, 0.29) is 0 Å². The van der Waals surface area contributed by atoms with Crippen molar-refractivity contribution < 1.29 is 19.0 Å². The molecular formula is C22H23N3O4S. The molecule has 0 amide bonds. The summed E-state index contributed by atoms with van der Waals surface area (Å²) in [6, 6.07) is 12.0. The molecule has 1 aromatic heterocycles. The van der Waals surface area contributed by atoms with E-state index in [2.05, 4.69) is 15.5 Å². The Bertz CT molecular complexity index is 1040. The van der Waals surface area contributed by atoms with Crippen molar-refractivity contribution in [1.82, 2.24) is 4.98 Å². The molecule has 0 saturated carbocycles. The van der Waals surface area contributed by atoms with E-state index in [1.165, 1.54) is 0 Å². The van der Waals surface area contributed by atoms with Crippen molar-refractivity contribution >= 4 is 28.7 Å². The van der Waals surface area contributed by atoms with Gasteiger partial charge in [0, 0.05) is 4.88 Å². The van der Waals surface area contributed by atoms with E-state index < -0.39 is 5.97 Å². The molecule has 0 aliphatic heterocycles. The van der Waals surface area contributed by atoms with E-state index in [1.54, 1.807) is 67.1 Å². The molecule has 7 nitrogen and oxygen atoms in total. The van der Waals surface area contributed by atoms with Crippen LogP contribution in [0.4, 0.5) is 5.13 Å². The van der Waals surface area contributed by atoms with Crippen LogP contribution in [0.15, 0.2) is 47.6 Å². The second kappa shape index (κ2) is 9.89. The summed E-state index contributed by atoms with van der Waals surface area (Å²) in [5.74, 6) is 0.881. The highest BCUT2D eigenvalue weighted by Gasteiger charge is 2.14. The molecule has 8 heteroatoms. The number of rotatable bonds is 8. The van der Waals surface area contributed by atoms with Crippen molar-refractivity contribution in [2.75, 3.05) is 19.1 Å². The van der Waals surface area contributed by atoms with E-state index in [0.717, 1.165) is 21.3 Å². The van der Waals surface area contributed by atoms with Crippen LogP contribution in [0, 0.1) is 13.8 Å². The second-order valence-corrected chi connectivity index (χ2v) is 7.49. The lowest BCUT2D eigenvalue weighted by atomic mass is 10.2. The van der Waals surface area contributed by atoms with E-state index in [4.69, 9.17) is 14.2 Å². The Morgan fingerprint density at radius 2 is 2.03 bits per heavy atom. The summed E-state index contributed by atoms with van der Waals surface area (Å²) in [6.45, 7) is 6.27. The quantitative estimate of drug-likeness (QED) is 0.241. The molecule has 2 aromatic carbocycles. The monoisotopic (exact) mass is 425 g/mol. The number of hydrazone groups is 1. The van der Waals surface area contributed by atoms with Crippen molar-refractivity contribution in [3.05, 3.63) is 64.2 Å². The largest absolute Gasteiger partial charge is 0.497 e. The van der Waals surface area contributed by atoms with Crippen molar-refractivity contribution in [2.24, 2.45) is 5.10 Å². The van der Waals surface area contributed by atoms with Crippen LogP contribution in [-0.2, 0) is 0 Å². The molecule has 156 valence electrons. The molecule has 1 N–H and O–H groups in total. The van der Waals surface area contributed by atoms with Gasteiger partial charge in [0.2, 0.25) is 5.13 Å². The minimum absolute atomic E-state index is 0.334. The molecule has 0 aliphatic carbocycles. The molecule has 3 rings (SSSR count). The second-order valence-electron chi connectivity index (χ2n) is 6.29. The molecule has 0 bridgehead atoms. The van der Waals surface area contributed by atoms with Crippen molar-refractivity contribution in [1.29, 1.82) is 0 Å². The molecule has 0 spiro atoms. The molecule has 0 aliphatic rings. The Kier molecular flexibility index (Phi) is 7.03. The number of aromatic nitrogens is 1. The summed E-state index contributed by atoms with van der Waals surface area (Å²) >= 11 is 1.54. The number of hydrogen-bond acceptors (Lipinski definition) is 8. The number of nitrogens with zero attached hydrogens (tertiary/aromatic N) is 2. The third kappa shape index (κ3) is 5.36. The van der Waals surface area contributed by atoms with Crippen molar-refractivity contribution in [3.8, 4) is 17.2 Å². The lowest BCUT2D eigenvalue weighted by Crippen LogP contribution is -2.10. The maximum absolute atomic E-state index is 12.5. The molecular weight excluding hydrogens is 402 g/mol. The highest BCUT2D eigenvalue weighted by Crippen LogP contribution is 2.29. The van der Waals surface area contributed by atoms with E-state index in [0.29, 0.717) is 29.4 Å². The first kappa shape index (κ1) is 21.3. The zero-order valence-corrected chi connectivity index (χ0v) is 18.1. The van der Waals surface area contributed by atoms with Gasteiger partial charge in [-0.05, 0) is 62.7 Å². The Labute approximate surface area is 179 Å². The maximum Gasteiger partial charge on any atom is 0.343 e. The molecule has 0 radical (unpaired) electrons. The van der Waals surface area contributed by atoms with Gasteiger partial charge in [-0.1, -0.05) is 6.07 Å². The molecule has 30 heavy (non-hydrogen) atoms. The van der Waals surface area contributed by atoms with E-state index in [1.807, 2.05) is 20.8 Å². The van der Waals surface area contributed by atoms with Crippen molar-refractivity contribution in [3.63, 3.8) is 0 Å². The number of ether oxygens (including phenoxy) is 3. The van der Waals surface area contributed by atoms with Gasteiger partial charge in [-0.2, -0.15) is 5.10 Å². The Morgan fingerprint density at radius 1 is 1.20 bits per heavy atom. The summed E-state index contributed by atoms with van der Waals surface area (Å²) < 4.78 is 16.3. The summed E-state index contributed by atoms with van der Waals surface area (Å²) in [6.07, 6.45) is 1.66. The van der Waals surface area contributed by atoms with Gasteiger partial charge in [0.25, 0.3) is 0 Å². The van der Waals surface area contributed by atoms with Crippen LogP contribution in [-0.4, -0.2) is 30.9 Å². The van der Waals surface area contributed by atoms with Gasteiger partial charge in [0.15, 0.2) is 11.5 Å². The van der Waals surface area contributed by atoms with Crippen molar-refractivity contribution in [2.45, 2.75) is 20.8 Å². The van der Waals surface area contributed by atoms with Gasteiger partial charge in [-0.15, -0.1) is 11.3 Å². The normalized spacial score (nSPS) is 10.8. The standard InChI is InChI=1S/C22H23N3O4S/c1-5-28-20-11-16(13-23-25-22-24-14(2)15(3)30-22)9-10-19(20)29-21(26)17-7-6-8-18(12-17)27-4/h6-13H,5H2,1-4H3,(H,24,25)/b23-13-. The highest BCUT2D eigenvalue weighted by atomic mass is 32.1. The fourth-order valence-corrected chi connectivity index (χ4v) is 3.31. The summed E-state index contributed by atoms with van der Waals surface area (Å²) in [7, 11) is 1.55. The fraction of sp³-hybridized carbons (Fsp3) is 0.227. The molecule has 0 fully saturated rings. The number of benzene rings is 2. The predicted octanol–water partition coefficient (Wildman–Crippen LogP) is 4.83. The summed E-state index contributed by atoms with van der Waals surface area (Å²) in [4.78, 5) is 18.0. The molecule has 0 unspecified atom stereocenters. The number of esters is 1. The van der Waals surface area contributed by atoms with Gasteiger partial charge in [-0.25, -0.2) is 9.78 Å². The number of nitrogens with one attached hydrogen (secondary N) is 1. The van der Waals surface area contributed by atoms with Crippen LogP contribution < -0.4 is 19.6 Å². The van der Waals surface area contributed by atoms with Crippen LogP contribution in [0.1, 0.15) is 33.4 Å². The zero-order valence-electron chi connectivity index (χ0n) is 17.3. The van der Waals surface area contributed by atoms with Crippen LogP contribution in [0.3, 0.4) is 0 Å². The highest BCUT2D eigenvalue weighted by molar-refractivity contribution is 7.15. The van der Waals surface area contributed by atoms with E-state index >= 15 is 0 Å². The number of thiazole rings is 1. The number of aryl methyl sites for hydroxylation is 2. The number of methoxy groups -OCH3 is 1. The lowest BCUT2D eigenvalue weighted by Gasteiger charge is -2.11. The van der Waals surface area contributed by atoms with E-state index in [9.17, 15) is 4.79 Å². The molecule has 1 heterocycles. The van der Waals surface area contributed by atoms with Gasteiger partial charge in [-0.3, -0.25) is 5.43 Å². The maximum atomic E-state index is 12.5. The lowest BCUT2D eigenvalue weighted by molar-refractivity contribution is 0.0728. The Hall–Kier alpha value is -3.39. The topological polar surface area (TPSA) is 82.0 Å².